The van der Waals surface area contributed by atoms with E-state index in [9.17, 15) is 4.79 Å². The predicted octanol–water partition coefficient (Wildman–Crippen LogP) is 2.80. The lowest BCUT2D eigenvalue weighted by molar-refractivity contribution is -0.0920. The molecule has 5 heteroatoms. The normalized spacial score (nSPS) is 29.8. The van der Waals surface area contributed by atoms with Gasteiger partial charge in [-0.3, -0.25) is 4.79 Å². The monoisotopic (exact) mass is 339 g/mol. The zero-order valence-electron chi connectivity index (χ0n) is 11.2. The number of hydrogen-bond acceptors (Lipinski definition) is 4. The third-order valence-corrected chi connectivity index (χ3v) is 4.90. The Morgan fingerprint density at radius 1 is 1.40 bits per heavy atom. The van der Waals surface area contributed by atoms with Crippen LogP contribution in [0, 0.1) is 5.92 Å². The maximum Gasteiger partial charge on any atom is 0.166 e. The number of hydrogen-bond donors (Lipinski definition) is 1. The number of ether oxygens (including phenoxy) is 2. The molecule has 1 aromatic carbocycles. The van der Waals surface area contributed by atoms with Gasteiger partial charge in [0.25, 0.3) is 0 Å². The van der Waals surface area contributed by atoms with E-state index in [2.05, 4.69) is 15.9 Å². The van der Waals surface area contributed by atoms with Crippen LogP contribution in [-0.4, -0.2) is 31.2 Å². The quantitative estimate of drug-likeness (QED) is 0.664. The fourth-order valence-electron chi connectivity index (χ4n) is 3.03. The Morgan fingerprint density at radius 2 is 2.25 bits per heavy atom. The summed E-state index contributed by atoms with van der Waals surface area (Å²) in [7, 11) is 0. The lowest BCUT2D eigenvalue weighted by atomic mass is 9.81. The molecule has 2 atom stereocenters. The molecular formula is C15H18BrNO3. The summed E-state index contributed by atoms with van der Waals surface area (Å²) in [4.78, 5) is 12.6. The van der Waals surface area contributed by atoms with Crippen LogP contribution in [0.2, 0.25) is 0 Å². The zero-order valence-corrected chi connectivity index (χ0v) is 12.8. The Kier molecular flexibility index (Phi) is 3.84. The largest absolute Gasteiger partial charge is 0.398 e. The molecule has 2 saturated heterocycles. The Bertz CT molecular complexity index is 526. The van der Waals surface area contributed by atoms with Crippen molar-refractivity contribution in [2.75, 3.05) is 25.6 Å². The second-order valence-electron chi connectivity index (χ2n) is 5.62. The van der Waals surface area contributed by atoms with Crippen LogP contribution in [0.5, 0.6) is 0 Å². The molecule has 2 fully saturated rings. The van der Waals surface area contributed by atoms with Crippen LogP contribution in [-0.2, 0) is 9.47 Å². The second kappa shape index (κ2) is 5.47. The highest BCUT2D eigenvalue weighted by Gasteiger charge is 2.43. The Hall–Kier alpha value is -0.910. The second-order valence-corrected chi connectivity index (χ2v) is 6.48. The van der Waals surface area contributed by atoms with Gasteiger partial charge >= 0.3 is 0 Å². The first-order valence-corrected chi connectivity index (χ1v) is 7.70. The van der Waals surface area contributed by atoms with Crippen molar-refractivity contribution in [2.45, 2.75) is 24.9 Å². The highest BCUT2D eigenvalue weighted by Crippen LogP contribution is 2.37. The summed E-state index contributed by atoms with van der Waals surface area (Å²) in [6, 6.07) is 5.38. The average molecular weight is 340 g/mol. The van der Waals surface area contributed by atoms with Crippen molar-refractivity contribution >= 4 is 27.4 Å². The van der Waals surface area contributed by atoms with Crippen LogP contribution in [0.4, 0.5) is 5.69 Å². The molecule has 0 radical (unpaired) electrons. The molecule has 0 amide bonds. The Balaban J connectivity index is 1.77. The molecule has 2 heterocycles. The van der Waals surface area contributed by atoms with E-state index in [1.54, 1.807) is 12.1 Å². The fourth-order valence-corrected chi connectivity index (χ4v) is 3.41. The predicted molar refractivity (Wildman–Crippen MR) is 79.7 cm³/mol. The first-order chi connectivity index (χ1) is 9.60. The van der Waals surface area contributed by atoms with Crippen LogP contribution in [0.15, 0.2) is 22.7 Å². The van der Waals surface area contributed by atoms with E-state index in [-0.39, 0.29) is 17.3 Å². The van der Waals surface area contributed by atoms with Gasteiger partial charge in [0, 0.05) is 41.3 Å². The minimum Gasteiger partial charge on any atom is -0.398 e. The van der Waals surface area contributed by atoms with E-state index in [0.717, 1.165) is 30.3 Å². The molecule has 0 aromatic heterocycles. The van der Waals surface area contributed by atoms with Gasteiger partial charge in [0.1, 0.15) is 0 Å². The molecule has 2 aliphatic heterocycles. The highest BCUT2D eigenvalue weighted by atomic mass is 79.9. The van der Waals surface area contributed by atoms with Gasteiger partial charge in [-0.2, -0.15) is 0 Å². The van der Waals surface area contributed by atoms with Gasteiger partial charge in [-0.15, -0.1) is 0 Å². The minimum absolute atomic E-state index is 0.0148. The van der Waals surface area contributed by atoms with Crippen molar-refractivity contribution in [3.05, 3.63) is 28.2 Å². The van der Waals surface area contributed by atoms with E-state index in [1.807, 2.05) is 6.07 Å². The van der Waals surface area contributed by atoms with Crippen molar-refractivity contribution in [2.24, 2.45) is 5.92 Å². The maximum absolute atomic E-state index is 12.6. The number of carbonyl (C=O) groups excluding carboxylic acids is 1. The molecule has 2 unspecified atom stereocenters. The van der Waals surface area contributed by atoms with Gasteiger partial charge in [0.2, 0.25) is 0 Å². The first-order valence-electron chi connectivity index (χ1n) is 6.91. The number of Topliss-reactive ketones (excluding diaryl/α,β-unsaturated/α-hetero) is 1. The number of rotatable bonds is 2. The van der Waals surface area contributed by atoms with E-state index in [4.69, 9.17) is 15.2 Å². The molecule has 2 aliphatic rings. The van der Waals surface area contributed by atoms with Crippen LogP contribution >= 0.6 is 15.9 Å². The smallest absolute Gasteiger partial charge is 0.166 e. The lowest BCUT2D eigenvalue weighted by Crippen LogP contribution is -2.42. The number of carbonyl (C=O) groups is 1. The summed E-state index contributed by atoms with van der Waals surface area (Å²) in [5, 5.41) is 0. The zero-order chi connectivity index (χ0) is 14.2. The third-order valence-electron chi connectivity index (χ3n) is 4.22. The summed E-state index contributed by atoms with van der Waals surface area (Å²) >= 11 is 3.38. The van der Waals surface area contributed by atoms with Crippen LogP contribution in [0.1, 0.15) is 29.6 Å². The summed E-state index contributed by atoms with van der Waals surface area (Å²) in [5.41, 5.74) is 6.90. The van der Waals surface area contributed by atoms with Crippen molar-refractivity contribution in [3.8, 4) is 0 Å². The van der Waals surface area contributed by atoms with E-state index >= 15 is 0 Å². The number of halogens is 1. The van der Waals surface area contributed by atoms with Gasteiger partial charge in [-0.25, -0.2) is 0 Å². The van der Waals surface area contributed by atoms with Gasteiger partial charge in [0.15, 0.2) is 5.78 Å². The van der Waals surface area contributed by atoms with Crippen LogP contribution in [0.25, 0.3) is 0 Å². The maximum atomic E-state index is 12.6. The molecule has 1 aromatic rings. The standard InChI is InChI=1S/C15H18BrNO3/c16-12-7-10(1-2-13(12)17)14(18)11-3-5-20-15(8-11)4-6-19-9-15/h1-2,7,11H,3-6,8-9,17H2. The lowest BCUT2D eigenvalue weighted by Gasteiger charge is -2.36. The molecule has 3 rings (SSSR count). The summed E-state index contributed by atoms with van der Waals surface area (Å²) in [6.07, 6.45) is 2.43. The van der Waals surface area contributed by atoms with E-state index < -0.39 is 0 Å². The van der Waals surface area contributed by atoms with Crippen molar-refractivity contribution < 1.29 is 14.3 Å². The fraction of sp³-hybridized carbons (Fsp3) is 0.533. The number of nitrogens with two attached hydrogens (primary N) is 1. The number of nitrogen functional groups attached to an aromatic ring is 1. The van der Waals surface area contributed by atoms with Crippen molar-refractivity contribution in [1.82, 2.24) is 0 Å². The molecule has 20 heavy (non-hydrogen) atoms. The van der Waals surface area contributed by atoms with Gasteiger partial charge in [-0.05, 0) is 47.0 Å². The molecule has 0 saturated carbocycles. The van der Waals surface area contributed by atoms with Crippen LogP contribution < -0.4 is 5.73 Å². The Morgan fingerprint density at radius 3 is 2.95 bits per heavy atom. The van der Waals surface area contributed by atoms with Crippen LogP contribution in [0.3, 0.4) is 0 Å². The molecule has 2 N–H and O–H groups in total. The number of ketones is 1. The Labute approximate surface area is 126 Å². The summed E-state index contributed by atoms with van der Waals surface area (Å²) in [5.74, 6) is 0.196. The van der Waals surface area contributed by atoms with E-state index in [1.165, 1.54) is 0 Å². The van der Waals surface area contributed by atoms with Crippen molar-refractivity contribution in [1.29, 1.82) is 0 Å². The molecule has 0 aliphatic carbocycles. The number of benzene rings is 1. The molecule has 1 spiro atoms. The average Bonchev–Trinajstić information content (AvgIpc) is 2.89. The van der Waals surface area contributed by atoms with Gasteiger partial charge < -0.3 is 15.2 Å². The molecule has 4 nitrogen and oxygen atoms in total. The molecule has 108 valence electrons. The van der Waals surface area contributed by atoms with E-state index in [0.29, 0.717) is 24.5 Å². The van der Waals surface area contributed by atoms with Gasteiger partial charge in [0.05, 0.1) is 12.2 Å². The molecule has 0 bridgehead atoms. The topological polar surface area (TPSA) is 61.6 Å². The van der Waals surface area contributed by atoms with Gasteiger partial charge in [-0.1, -0.05) is 0 Å². The summed E-state index contributed by atoms with van der Waals surface area (Å²) in [6.45, 7) is 1.98. The molecular weight excluding hydrogens is 322 g/mol. The number of anilines is 1. The van der Waals surface area contributed by atoms with Crippen molar-refractivity contribution in [3.63, 3.8) is 0 Å². The SMILES string of the molecule is Nc1ccc(C(=O)C2CCOC3(CCOC3)C2)cc1Br. The minimum atomic E-state index is -0.233. The third kappa shape index (κ3) is 2.62. The first kappa shape index (κ1) is 14.0. The highest BCUT2D eigenvalue weighted by molar-refractivity contribution is 9.10. The summed E-state index contributed by atoms with van der Waals surface area (Å²) < 4.78 is 12.1.